The first-order valence-electron chi connectivity index (χ1n) is 6.80. The fraction of sp³-hybridized carbons (Fsp3) is 0.643. The first kappa shape index (κ1) is 12.2. The van der Waals surface area contributed by atoms with E-state index < -0.39 is 0 Å². The van der Waals surface area contributed by atoms with Crippen LogP contribution in [0.5, 0.6) is 0 Å². The maximum atomic E-state index is 12.0. The van der Waals surface area contributed by atoms with Crippen LogP contribution in [0, 0.1) is 11.8 Å². The highest BCUT2D eigenvalue weighted by Crippen LogP contribution is 2.34. The molecule has 3 unspecified atom stereocenters. The number of carbonyl (C=O) groups excluding carboxylic acids is 1. The predicted octanol–water partition coefficient (Wildman–Crippen LogP) is 2.61. The van der Waals surface area contributed by atoms with Crippen molar-refractivity contribution in [2.45, 2.75) is 32.4 Å². The molecule has 1 aliphatic carbocycles. The Kier molecular flexibility index (Phi) is 3.39. The molecule has 0 radical (unpaired) electrons. The molecule has 1 N–H and O–H groups in total. The summed E-state index contributed by atoms with van der Waals surface area (Å²) in [6.45, 7) is 3.74. The molecule has 4 heteroatoms. The van der Waals surface area contributed by atoms with Crippen molar-refractivity contribution >= 4 is 17.2 Å². The second-order valence-corrected chi connectivity index (χ2v) is 6.61. The molecule has 18 heavy (non-hydrogen) atoms. The van der Waals surface area contributed by atoms with Gasteiger partial charge >= 0.3 is 0 Å². The van der Waals surface area contributed by atoms with Crippen molar-refractivity contribution in [3.63, 3.8) is 0 Å². The molecule has 2 aliphatic rings. The van der Waals surface area contributed by atoms with Crippen molar-refractivity contribution in [3.05, 3.63) is 22.4 Å². The number of nitrogens with zero attached hydrogens (tertiary/aromatic N) is 1. The highest BCUT2D eigenvalue weighted by molar-refractivity contribution is 7.10. The van der Waals surface area contributed by atoms with Gasteiger partial charge in [-0.25, -0.2) is 0 Å². The average molecular weight is 264 g/mol. The lowest BCUT2D eigenvalue weighted by molar-refractivity contribution is -0.128. The lowest BCUT2D eigenvalue weighted by Crippen LogP contribution is -2.33. The topological polar surface area (TPSA) is 32.3 Å². The first-order valence-corrected chi connectivity index (χ1v) is 7.68. The van der Waals surface area contributed by atoms with E-state index >= 15 is 0 Å². The summed E-state index contributed by atoms with van der Waals surface area (Å²) < 4.78 is 0. The third-order valence-corrected chi connectivity index (χ3v) is 5.07. The molecule has 2 heterocycles. The van der Waals surface area contributed by atoms with Gasteiger partial charge in [0.05, 0.1) is 6.54 Å². The third-order valence-electron chi connectivity index (χ3n) is 4.15. The van der Waals surface area contributed by atoms with E-state index in [1.54, 1.807) is 11.3 Å². The lowest BCUT2D eigenvalue weighted by atomic mass is 10.1. The van der Waals surface area contributed by atoms with E-state index in [-0.39, 0.29) is 12.1 Å². The molecule has 1 saturated heterocycles. The van der Waals surface area contributed by atoms with Crippen molar-refractivity contribution < 1.29 is 4.79 Å². The van der Waals surface area contributed by atoms with Crippen LogP contribution in [-0.4, -0.2) is 23.9 Å². The van der Waals surface area contributed by atoms with Crippen LogP contribution in [0.2, 0.25) is 0 Å². The van der Waals surface area contributed by atoms with Gasteiger partial charge in [-0.3, -0.25) is 10.1 Å². The van der Waals surface area contributed by atoms with E-state index in [1.165, 1.54) is 24.1 Å². The van der Waals surface area contributed by atoms with Crippen LogP contribution < -0.4 is 5.32 Å². The maximum absolute atomic E-state index is 12.0. The fourth-order valence-electron chi connectivity index (χ4n) is 3.22. The Bertz CT molecular complexity index is 417. The number of nitrogens with one attached hydrogen (secondary N) is 1. The van der Waals surface area contributed by atoms with Crippen LogP contribution in [0.4, 0.5) is 0 Å². The lowest BCUT2D eigenvalue weighted by Gasteiger charge is -2.26. The third kappa shape index (κ3) is 2.31. The second kappa shape index (κ2) is 5.02. The van der Waals surface area contributed by atoms with Gasteiger partial charge in [-0.1, -0.05) is 19.4 Å². The molecule has 1 aliphatic heterocycles. The second-order valence-electron chi connectivity index (χ2n) is 5.63. The molecule has 0 bridgehead atoms. The molecule has 98 valence electrons. The van der Waals surface area contributed by atoms with E-state index in [1.807, 2.05) is 0 Å². The summed E-state index contributed by atoms with van der Waals surface area (Å²) >= 11 is 1.73. The van der Waals surface area contributed by atoms with Gasteiger partial charge in [-0.2, -0.15) is 0 Å². The number of carbonyl (C=O) groups is 1. The minimum absolute atomic E-state index is 0.119. The molecule has 3 atom stereocenters. The molecule has 0 aromatic carbocycles. The number of hydrogen-bond donors (Lipinski definition) is 1. The minimum atomic E-state index is 0.119. The number of amides is 1. The summed E-state index contributed by atoms with van der Waals surface area (Å²) in [5.41, 5.74) is 0. The van der Waals surface area contributed by atoms with Crippen molar-refractivity contribution in [2.75, 3.05) is 13.1 Å². The van der Waals surface area contributed by atoms with Gasteiger partial charge in [0, 0.05) is 11.4 Å². The normalized spacial score (nSPS) is 32.4. The van der Waals surface area contributed by atoms with Crippen LogP contribution >= 0.6 is 11.3 Å². The molecule has 3 nitrogen and oxygen atoms in total. The van der Waals surface area contributed by atoms with Crippen molar-refractivity contribution in [1.82, 2.24) is 10.2 Å². The quantitative estimate of drug-likeness (QED) is 0.910. The van der Waals surface area contributed by atoms with Gasteiger partial charge in [0.25, 0.3) is 0 Å². The summed E-state index contributed by atoms with van der Waals surface area (Å²) in [7, 11) is 0. The zero-order valence-electron chi connectivity index (χ0n) is 10.8. The molecule has 1 amide bonds. The molecule has 1 aromatic rings. The maximum Gasteiger partial charge on any atom is 0.238 e. The van der Waals surface area contributed by atoms with E-state index in [4.69, 9.17) is 0 Å². The van der Waals surface area contributed by atoms with Gasteiger partial charge in [-0.05, 0) is 36.1 Å². The standard InChI is InChI=1S/C14H20N2OS/c1-10-4-5-11(7-10)9-16-13(17)8-15-14(16)12-3-2-6-18-12/h2-3,6,10-11,14-15H,4-5,7-9H2,1H3. The molecule has 2 fully saturated rings. The molecule has 0 spiro atoms. The largest absolute Gasteiger partial charge is 0.321 e. The van der Waals surface area contributed by atoms with Gasteiger partial charge in [0.15, 0.2) is 0 Å². The van der Waals surface area contributed by atoms with Crippen LogP contribution in [0.25, 0.3) is 0 Å². The van der Waals surface area contributed by atoms with E-state index in [2.05, 4.69) is 34.7 Å². The minimum Gasteiger partial charge on any atom is -0.321 e. The van der Waals surface area contributed by atoms with E-state index in [0.717, 1.165) is 12.5 Å². The smallest absolute Gasteiger partial charge is 0.238 e. The van der Waals surface area contributed by atoms with Gasteiger partial charge in [0.2, 0.25) is 5.91 Å². The Morgan fingerprint density at radius 3 is 3.06 bits per heavy atom. The molecule has 3 rings (SSSR count). The number of thiophene rings is 1. The zero-order valence-corrected chi connectivity index (χ0v) is 11.6. The van der Waals surface area contributed by atoms with Gasteiger partial charge < -0.3 is 4.90 Å². The molecular formula is C14H20N2OS. The van der Waals surface area contributed by atoms with Gasteiger partial charge in [-0.15, -0.1) is 11.3 Å². The fourth-order valence-corrected chi connectivity index (χ4v) is 4.03. The highest BCUT2D eigenvalue weighted by atomic mass is 32.1. The Labute approximate surface area is 112 Å². The summed E-state index contributed by atoms with van der Waals surface area (Å²) in [5, 5.41) is 5.41. The molecule has 1 saturated carbocycles. The average Bonchev–Trinajstić information content (AvgIpc) is 3.03. The SMILES string of the molecule is CC1CCC(CN2C(=O)CNC2c2cccs2)C1. The molecule has 1 aromatic heterocycles. The van der Waals surface area contributed by atoms with Gasteiger partial charge in [0.1, 0.15) is 6.17 Å². The van der Waals surface area contributed by atoms with Crippen molar-refractivity contribution in [1.29, 1.82) is 0 Å². The van der Waals surface area contributed by atoms with E-state index in [9.17, 15) is 4.79 Å². The predicted molar refractivity (Wildman–Crippen MR) is 73.3 cm³/mol. The zero-order chi connectivity index (χ0) is 12.5. The molecular weight excluding hydrogens is 244 g/mol. The summed E-state index contributed by atoms with van der Waals surface area (Å²) in [6, 6.07) is 4.17. The van der Waals surface area contributed by atoms with Crippen LogP contribution in [0.3, 0.4) is 0 Å². The van der Waals surface area contributed by atoms with Crippen LogP contribution in [-0.2, 0) is 4.79 Å². The highest BCUT2D eigenvalue weighted by Gasteiger charge is 2.35. The Hall–Kier alpha value is -0.870. The number of rotatable bonds is 3. The Balaban J connectivity index is 1.70. The Morgan fingerprint density at radius 2 is 2.39 bits per heavy atom. The Morgan fingerprint density at radius 1 is 1.50 bits per heavy atom. The van der Waals surface area contributed by atoms with E-state index in [0.29, 0.717) is 12.5 Å². The summed E-state index contributed by atoms with van der Waals surface area (Å²) in [5.74, 6) is 1.79. The van der Waals surface area contributed by atoms with Crippen LogP contribution in [0.15, 0.2) is 17.5 Å². The monoisotopic (exact) mass is 264 g/mol. The number of hydrogen-bond acceptors (Lipinski definition) is 3. The van der Waals surface area contributed by atoms with Crippen molar-refractivity contribution in [3.8, 4) is 0 Å². The van der Waals surface area contributed by atoms with Crippen LogP contribution in [0.1, 0.15) is 37.2 Å². The van der Waals surface area contributed by atoms with Crippen molar-refractivity contribution in [2.24, 2.45) is 11.8 Å². The summed E-state index contributed by atoms with van der Waals surface area (Å²) in [4.78, 5) is 15.3. The summed E-state index contributed by atoms with van der Waals surface area (Å²) in [6.07, 6.45) is 4.00. The first-order chi connectivity index (χ1) is 8.74.